The molecular weight excluding hydrogens is 324 g/mol. The number of halogens is 1. The van der Waals surface area contributed by atoms with Crippen molar-refractivity contribution in [2.45, 2.75) is 20.3 Å². The lowest BCUT2D eigenvalue weighted by molar-refractivity contribution is -0.141. The summed E-state index contributed by atoms with van der Waals surface area (Å²) in [7, 11) is 0. The Morgan fingerprint density at radius 1 is 1.40 bits per heavy atom. The maximum atomic E-state index is 11.4. The molecule has 0 saturated carbocycles. The van der Waals surface area contributed by atoms with Gasteiger partial charge in [0.1, 0.15) is 0 Å². The zero-order valence-corrected chi connectivity index (χ0v) is 13.1. The highest BCUT2D eigenvalue weighted by atomic mass is 79.9. The summed E-state index contributed by atoms with van der Waals surface area (Å²) < 4.78 is 0.589. The van der Waals surface area contributed by atoms with Crippen LogP contribution in [0.1, 0.15) is 30.6 Å². The van der Waals surface area contributed by atoms with Crippen LogP contribution in [0.25, 0.3) is 0 Å². The minimum absolute atomic E-state index is 0.254. The van der Waals surface area contributed by atoms with Crippen molar-refractivity contribution in [1.29, 1.82) is 0 Å². The third-order valence-electron chi connectivity index (χ3n) is 2.90. The standard InChI is InChI=1S/C14H19BrN2O3/c1-8(2)6-9(14(19)20)7-17-11-5-3-4-10(15)12(11)13(16)18/h3-5,8-9,17H,6-7H2,1-2H3,(H2,16,18)(H,19,20). The molecule has 0 aliphatic rings. The highest BCUT2D eigenvalue weighted by Gasteiger charge is 2.20. The number of hydrogen-bond donors (Lipinski definition) is 3. The number of benzene rings is 1. The van der Waals surface area contributed by atoms with Crippen molar-refractivity contribution in [3.05, 3.63) is 28.2 Å². The van der Waals surface area contributed by atoms with Crippen molar-refractivity contribution in [2.75, 3.05) is 11.9 Å². The average Bonchev–Trinajstić information content (AvgIpc) is 2.33. The molecule has 1 aromatic rings. The number of primary amides is 1. The Labute approximate surface area is 126 Å². The maximum absolute atomic E-state index is 11.4. The molecule has 0 fully saturated rings. The van der Waals surface area contributed by atoms with Crippen LogP contribution >= 0.6 is 15.9 Å². The number of amides is 1. The molecule has 1 amide bonds. The molecule has 0 aliphatic carbocycles. The fourth-order valence-corrected chi connectivity index (χ4v) is 2.56. The van der Waals surface area contributed by atoms with Crippen molar-refractivity contribution < 1.29 is 14.7 Å². The number of hydrogen-bond acceptors (Lipinski definition) is 3. The fourth-order valence-electron chi connectivity index (χ4n) is 2.00. The predicted octanol–water partition coefficient (Wildman–Crippen LogP) is 2.71. The summed E-state index contributed by atoms with van der Waals surface area (Å²) in [5, 5.41) is 12.2. The van der Waals surface area contributed by atoms with Crippen molar-refractivity contribution in [3.8, 4) is 0 Å². The van der Waals surface area contributed by atoms with Crippen LogP contribution in [0, 0.1) is 11.8 Å². The second-order valence-corrected chi connectivity index (χ2v) is 5.93. The topological polar surface area (TPSA) is 92.4 Å². The molecule has 20 heavy (non-hydrogen) atoms. The smallest absolute Gasteiger partial charge is 0.308 e. The number of rotatable bonds is 7. The maximum Gasteiger partial charge on any atom is 0.308 e. The van der Waals surface area contributed by atoms with Gasteiger partial charge in [-0.25, -0.2) is 0 Å². The average molecular weight is 343 g/mol. The molecule has 1 rings (SSSR count). The van der Waals surface area contributed by atoms with E-state index in [1.807, 2.05) is 13.8 Å². The van der Waals surface area contributed by atoms with Crippen molar-refractivity contribution in [1.82, 2.24) is 0 Å². The van der Waals surface area contributed by atoms with Gasteiger partial charge in [-0.05, 0) is 40.4 Å². The van der Waals surface area contributed by atoms with E-state index >= 15 is 0 Å². The Morgan fingerprint density at radius 3 is 2.55 bits per heavy atom. The molecule has 110 valence electrons. The predicted molar refractivity (Wildman–Crippen MR) is 81.7 cm³/mol. The van der Waals surface area contributed by atoms with E-state index in [0.717, 1.165) is 0 Å². The molecule has 0 saturated heterocycles. The van der Waals surface area contributed by atoms with Crippen LogP contribution in [0.4, 0.5) is 5.69 Å². The molecule has 1 atom stereocenters. The highest BCUT2D eigenvalue weighted by molar-refractivity contribution is 9.10. The van der Waals surface area contributed by atoms with Crippen molar-refractivity contribution >= 4 is 33.5 Å². The van der Waals surface area contributed by atoms with Gasteiger partial charge in [-0.1, -0.05) is 19.9 Å². The molecule has 0 bridgehead atoms. The monoisotopic (exact) mass is 342 g/mol. The number of nitrogens with two attached hydrogens (primary N) is 1. The lowest BCUT2D eigenvalue weighted by atomic mass is 9.97. The van der Waals surface area contributed by atoms with E-state index in [2.05, 4.69) is 21.2 Å². The van der Waals surface area contributed by atoms with Crippen molar-refractivity contribution in [3.63, 3.8) is 0 Å². The number of anilines is 1. The van der Waals surface area contributed by atoms with Crippen LogP contribution in [0.15, 0.2) is 22.7 Å². The van der Waals surface area contributed by atoms with Gasteiger partial charge in [-0.15, -0.1) is 0 Å². The minimum atomic E-state index is -0.846. The molecule has 4 N–H and O–H groups in total. The zero-order valence-electron chi connectivity index (χ0n) is 11.5. The van der Waals surface area contributed by atoms with Gasteiger partial charge in [0.05, 0.1) is 11.5 Å². The quantitative estimate of drug-likeness (QED) is 0.710. The lowest BCUT2D eigenvalue weighted by Crippen LogP contribution is -2.25. The number of nitrogens with one attached hydrogen (secondary N) is 1. The molecule has 0 aliphatic heterocycles. The van der Waals surface area contributed by atoms with Gasteiger partial charge in [-0.2, -0.15) is 0 Å². The summed E-state index contributed by atoms with van der Waals surface area (Å²) in [6.45, 7) is 4.21. The van der Waals surface area contributed by atoms with Gasteiger partial charge in [0.25, 0.3) is 5.91 Å². The van der Waals surface area contributed by atoms with Gasteiger partial charge in [0, 0.05) is 16.7 Å². The van der Waals surface area contributed by atoms with Crippen molar-refractivity contribution in [2.24, 2.45) is 17.6 Å². The first-order valence-electron chi connectivity index (χ1n) is 6.38. The number of carboxylic acid groups (broad SMARTS) is 1. The molecule has 6 heteroatoms. The third-order valence-corrected chi connectivity index (χ3v) is 3.56. The SMILES string of the molecule is CC(C)CC(CNc1cccc(Br)c1C(N)=O)C(=O)O. The Bertz CT molecular complexity index is 503. The Hall–Kier alpha value is -1.56. The van der Waals surface area contributed by atoms with Crippen LogP contribution < -0.4 is 11.1 Å². The summed E-state index contributed by atoms with van der Waals surface area (Å²) in [4.78, 5) is 22.6. The molecule has 5 nitrogen and oxygen atoms in total. The van der Waals surface area contributed by atoms with Gasteiger partial charge < -0.3 is 16.2 Å². The first kappa shape index (κ1) is 16.5. The van der Waals surface area contributed by atoms with E-state index in [9.17, 15) is 14.7 Å². The number of carbonyl (C=O) groups is 2. The van der Waals surface area contributed by atoms with E-state index in [0.29, 0.717) is 22.1 Å². The second kappa shape index (κ2) is 7.28. The fraction of sp³-hybridized carbons (Fsp3) is 0.429. The van der Waals surface area contributed by atoms with E-state index in [4.69, 9.17) is 5.73 Å². The normalized spacial score (nSPS) is 12.2. The molecule has 0 radical (unpaired) electrons. The van der Waals surface area contributed by atoms with E-state index in [-0.39, 0.29) is 12.5 Å². The third kappa shape index (κ3) is 4.52. The van der Waals surface area contributed by atoms with Gasteiger partial charge in [-0.3, -0.25) is 9.59 Å². The number of aliphatic carboxylic acids is 1. The van der Waals surface area contributed by atoms with Crippen LogP contribution in [-0.4, -0.2) is 23.5 Å². The van der Waals surface area contributed by atoms with E-state index < -0.39 is 17.8 Å². The summed E-state index contributed by atoms with van der Waals surface area (Å²) in [6.07, 6.45) is 0.572. The summed E-state index contributed by atoms with van der Waals surface area (Å²) in [5.74, 6) is -1.62. The second-order valence-electron chi connectivity index (χ2n) is 5.07. The molecule has 1 unspecified atom stereocenters. The van der Waals surface area contributed by atoms with Crippen LogP contribution in [0.5, 0.6) is 0 Å². The molecule has 0 aromatic heterocycles. The molecule has 1 aromatic carbocycles. The highest BCUT2D eigenvalue weighted by Crippen LogP contribution is 2.25. The Morgan fingerprint density at radius 2 is 2.05 bits per heavy atom. The number of carbonyl (C=O) groups excluding carboxylic acids is 1. The summed E-state index contributed by atoms with van der Waals surface area (Å²) in [6, 6.07) is 5.18. The van der Waals surface area contributed by atoms with Crippen LogP contribution in [-0.2, 0) is 4.79 Å². The Balaban J connectivity index is 2.85. The largest absolute Gasteiger partial charge is 0.481 e. The first-order valence-corrected chi connectivity index (χ1v) is 7.17. The molecule has 0 heterocycles. The minimum Gasteiger partial charge on any atom is -0.481 e. The van der Waals surface area contributed by atoms with Gasteiger partial charge in [0.15, 0.2) is 0 Å². The number of carboxylic acids is 1. The first-order chi connectivity index (χ1) is 9.32. The van der Waals surface area contributed by atoms with Crippen LogP contribution in [0.3, 0.4) is 0 Å². The summed E-state index contributed by atoms with van der Waals surface area (Å²) >= 11 is 3.27. The van der Waals surface area contributed by atoms with E-state index in [1.165, 1.54) is 0 Å². The van der Waals surface area contributed by atoms with E-state index in [1.54, 1.807) is 18.2 Å². The molecule has 0 spiro atoms. The van der Waals surface area contributed by atoms with Gasteiger partial charge >= 0.3 is 5.97 Å². The van der Waals surface area contributed by atoms with Gasteiger partial charge in [0.2, 0.25) is 0 Å². The zero-order chi connectivity index (χ0) is 15.3. The molecular formula is C14H19BrN2O3. The lowest BCUT2D eigenvalue weighted by Gasteiger charge is -2.17. The summed E-state index contributed by atoms with van der Waals surface area (Å²) in [5.41, 5.74) is 6.21. The Kier molecular flexibility index (Phi) is 6.01. The van der Waals surface area contributed by atoms with Crippen LogP contribution in [0.2, 0.25) is 0 Å².